The molecule has 1 rings (SSSR count). The molecule has 0 fully saturated rings. The van der Waals surface area contributed by atoms with Gasteiger partial charge in [-0.2, -0.15) is 0 Å². The van der Waals surface area contributed by atoms with Crippen LogP contribution in [0.15, 0.2) is 24.8 Å². The molecule has 0 atom stereocenters. The van der Waals surface area contributed by atoms with Crippen molar-refractivity contribution < 1.29 is 4.43 Å². The molecular weight excluding hydrogens is 152 g/mol. The number of aryl methyl sites for hydroxylation is 1. The Balaban J connectivity index is 0. The maximum atomic E-state index is 10.3. The van der Waals surface area contributed by atoms with Gasteiger partial charge < -0.3 is 4.57 Å². The van der Waals surface area contributed by atoms with Crippen LogP contribution in [0.1, 0.15) is 27.7 Å². The van der Waals surface area contributed by atoms with Crippen LogP contribution in [0.2, 0.25) is 0 Å². The van der Waals surface area contributed by atoms with Crippen LogP contribution in [0.4, 0.5) is 0 Å². The summed E-state index contributed by atoms with van der Waals surface area (Å²) >= 11 is 0. The Bertz CT molecular complexity index is 210. The van der Waals surface area contributed by atoms with Crippen molar-refractivity contribution in [3.8, 4) is 0 Å². The molecule has 1 heterocycles. The average molecular weight is 171 g/mol. The smallest absolute Gasteiger partial charge is 0.243 e. The number of hydrogen-bond acceptors (Lipinski definition) is 1. The third-order valence-electron chi connectivity index (χ3n) is 0.897. The highest BCUT2D eigenvalue weighted by Crippen LogP contribution is 1.71. The fourth-order valence-electron chi connectivity index (χ4n) is 0.441. The van der Waals surface area contributed by atoms with Gasteiger partial charge in [-0.05, 0) is 0 Å². The minimum absolute atomic E-state index is 0.750. The first-order valence-corrected chi connectivity index (χ1v) is 4.33. The van der Waals surface area contributed by atoms with Gasteiger partial charge in [0.25, 0.3) is 0 Å². The lowest BCUT2D eigenvalue weighted by Gasteiger charge is -1.84. The van der Waals surface area contributed by atoms with Crippen LogP contribution in [0.5, 0.6) is 0 Å². The number of nitrogens with zero attached hydrogens (tertiary/aromatic N) is 2. The molecule has 0 aliphatic heterocycles. The van der Waals surface area contributed by atoms with Gasteiger partial charge in [0, 0.05) is 12.0 Å². The van der Waals surface area contributed by atoms with Crippen molar-refractivity contribution in [3.05, 3.63) is 29.7 Å². The Morgan fingerprint density at radius 1 is 1.00 bits per heavy atom. The average Bonchev–Trinajstić information content (AvgIpc) is 2.17. The zero-order valence-corrected chi connectivity index (χ0v) is 8.61. The molecule has 0 saturated carbocycles. The Hall–Kier alpha value is -1.12. The van der Waals surface area contributed by atoms with E-state index >= 15 is 0 Å². The van der Waals surface area contributed by atoms with E-state index in [1.807, 2.05) is 34.7 Å². The summed E-state index contributed by atoms with van der Waals surface area (Å²) < 4.78 is 2.55. The molecule has 0 N–H and O–H groups in total. The normalized spacial score (nSPS) is 7.08. The third kappa shape index (κ3) is 6.99. The molecule has 1 aromatic heterocycles. The Labute approximate surface area is 74.3 Å². The molecule has 0 aliphatic rings. The molecule has 0 bridgehead atoms. The molecule has 0 amide bonds. The first-order chi connectivity index (χ1) is 5.79. The van der Waals surface area contributed by atoms with Crippen LogP contribution >= 0.6 is 0 Å². The monoisotopic (exact) mass is 171 g/mol. The quantitative estimate of drug-likeness (QED) is 0.549. The molecular formula is C9H19N2O+. The Morgan fingerprint density at radius 3 is 1.58 bits per heavy atom. The van der Waals surface area contributed by atoms with Crippen LogP contribution in [0.3, 0.4) is 0 Å². The van der Waals surface area contributed by atoms with E-state index in [1.54, 1.807) is 17.0 Å². The van der Waals surface area contributed by atoms with Gasteiger partial charge in [-0.15, -0.1) is 0 Å². The van der Waals surface area contributed by atoms with Crippen LogP contribution in [-0.4, -0.2) is 4.57 Å². The lowest BCUT2D eigenvalue weighted by atomic mass is 10.7. The van der Waals surface area contributed by atoms with Crippen LogP contribution < -0.4 is 4.43 Å². The van der Waals surface area contributed by atoms with E-state index in [4.69, 9.17) is 0 Å². The van der Waals surface area contributed by atoms with E-state index in [2.05, 4.69) is 0 Å². The fraction of sp³-hybridized carbons (Fsp3) is 0.556. The van der Waals surface area contributed by atoms with Crippen molar-refractivity contribution in [2.24, 2.45) is 7.05 Å². The standard InChI is InChI=1S/C5H7N2O.2C2H6/c1-6-2-4-7(8)5-3-6;2*1-2/h2-5H,1H3;2*1-2H3/q+1;;. The molecule has 0 spiro atoms. The first-order valence-electron chi connectivity index (χ1n) is 4.33. The second kappa shape index (κ2) is 9.88. The lowest BCUT2D eigenvalue weighted by Crippen LogP contribution is -2.12. The third-order valence-corrected chi connectivity index (χ3v) is 0.897. The van der Waals surface area contributed by atoms with Crippen molar-refractivity contribution in [2.75, 3.05) is 0 Å². The molecule has 3 nitrogen and oxygen atoms in total. The van der Waals surface area contributed by atoms with Crippen molar-refractivity contribution in [3.63, 3.8) is 0 Å². The van der Waals surface area contributed by atoms with Gasteiger partial charge in [-0.3, -0.25) is 0 Å². The van der Waals surface area contributed by atoms with Crippen molar-refractivity contribution >= 4 is 0 Å². The number of hydrogen-bond donors (Lipinski definition) is 0. The zero-order valence-electron chi connectivity index (χ0n) is 8.61. The van der Waals surface area contributed by atoms with Crippen LogP contribution in [-0.2, 0) is 7.05 Å². The summed E-state index contributed by atoms with van der Waals surface area (Å²) in [6.07, 6.45) is 6.26. The van der Waals surface area contributed by atoms with Crippen LogP contribution in [0.25, 0.3) is 0 Å². The molecule has 0 unspecified atom stereocenters. The highest BCUT2D eigenvalue weighted by atomic mass is 16.3. The summed E-state index contributed by atoms with van der Waals surface area (Å²) in [5, 5.41) is 0. The number of rotatable bonds is 0. The van der Waals surface area contributed by atoms with Crippen molar-refractivity contribution in [2.45, 2.75) is 27.7 Å². The van der Waals surface area contributed by atoms with E-state index in [0.717, 1.165) is 4.43 Å². The SMILES string of the molecule is CC.CC.Cn1cc[n+](=O)cc1. The predicted molar refractivity (Wildman–Crippen MR) is 51.5 cm³/mol. The Morgan fingerprint density at radius 2 is 1.33 bits per heavy atom. The summed E-state index contributed by atoms with van der Waals surface area (Å²) in [7, 11) is 1.86. The Kier molecular flexibility index (Phi) is 11.1. The molecule has 70 valence electrons. The summed E-state index contributed by atoms with van der Waals surface area (Å²) in [5.41, 5.74) is 0. The topological polar surface area (TPSA) is 27.9 Å². The molecule has 3 heteroatoms. The highest BCUT2D eigenvalue weighted by molar-refractivity contribution is 4.67. The van der Waals surface area contributed by atoms with Gasteiger partial charge in [0.1, 0.15) is 0 Å². The van der Waals surface area contributed by atoms with Gasteiger partial charge in [-0.25, -0.2) is 0 Å². The molecule has 0 radical (unpaired) electrons. The van der Waals surface area contributed by atoms with Gasteiger partial charge in [0.2, 0.25) is 12.4 Å². The van der Waals surface area contributed by atoms with E-state index in [-0.39, 0.29) is 0 Å². The van der Waals surface area contributed by atoms with Crippen molar-refractivity contribution in [1.82, 2.24) is 4.57 Å². The molecule has 0 saturated heterocycles. The predicted octanol–water partition coefficient (Wildman–Crippen LogP) is 1.99. The molecule has 1 aromatic rings. The maximum Gasteiger partial charge on any atom is 0.243 e. The van der Waals surface area contributed by atoms with Crippen molar-refractivity contribution in [1.29, 1.82) is 0 Å². The minimum Gasteiger partial charge on any atom is -0.347 e. The maximum absolute atomic E-state index is 10.3. The molecule has 0 aromatic carbocycles. The molecule has 12 heavy (non-hydrogen) atoms. The summed E-state index contributed by atoms with van der Waals surface area (Å²) in [4.78, 5) is 10.3. The largest absolute Gasteiger partial charge is 0.347 e. The van der Waals surface area contributed by atoms with Gasteiger partial charge in [0.15, 0.2) is 0 Å². The summed E-state index contributed by atoms with van der Waals surface area (Å²) in [6.45, 7) is 8.00. The van der Waals surface area contributed by atoms with E-state index in [1.165, 1.54) is 12.4 Å². The summed E-state index contributed by atoms with van der Waals surface area (Å²) in [6, 6.07) is 0. The fourth-order valence-corrected chi connectivity index (χ4v) is 0.441. The lowest BCUT2D eigenvalue weighted by molar-refractivity contribution is -0.495. The van der Waals surface area contributed by atoms with Crippen LogP contribution in [0, 0.1) is 4.91 Å². The van der Waals surface area contributed by atoms with Gasteiger partial charge in [0.05, 0.1) is 16.8 Å². The zero-order chi connectivity index (χ0) is 9.98. The number of aromatic nitrogens is 2. The first kappa shape index (κ1) is 13.5. The van der Waals surface area contributed by atoms with E-state index < -0.39 is 0 Å². The summed E-state index contributed by atoms with van der Waals surface area (Å²) in [5.74, 6) is 0. The molecule has 0 aliphatic carbocycles. The van der Waals surface area contributed by atoms with E-state index in [0.29, 0.717) is 0 Å². The second-order valence-electron chi connectivity index (χ2n) is 1.62. The minimum atomic E-state index is 0.750. The van der Waals surface area contributed by atoms with Gasteiger partial charge >= 0.3 is 0 Å². The van der Waals surface area contributed by atoms with E-state index in [9.17, 15) is 4.91 Å². The van der Waals surface area contributed by atoms with Gasteiger partial charge in [-0.1, -0.05) is 27.7 Å². The highest BCUT2D eigenvalue weighted by Gasteiger charge is 1.84. The second-order valence-corrected chi connectivity index (χ2v) is 1.62.